The van der Waals surface area contributed by atoms with E-state index in [2.05, 4.69) is 16.4 Å². The molecular formula is C22H26N4O3S2. The molecule has 9 heteroatoms. The first-order valence-electron chi connectivity index (χ1n) is 10.1. The predicted molar refractivity (Wildman–Crippen MR) is 122 cm³/mol. The Morgan fingerprint density at radius 2 is 1.77 bits per heavy atom. The van der Waals surface area contributed by atoms with Gasteiger partial charge in [0.2, 0.25) is 15.9 Å². The molecule has 0 bridgehead atoms. The Bertz CT molecular complexity index is 1130. The monoisotopic (exact) mass is 458 g/mol. The van der Waals surface area contributed by atoms with Gasteiger partial charge in [0.25, 0.3) is 0 Å². The van der Waals surface area contributed by atoms with Crippen molar-refractivity contribution in [2.75, 3.05) is 18.4 Å². The van der Waals surface area contributed by atoms with Crippen molar-refractivity contribution in [2.24, 2.45) is 0 Å². The Hall–Kier alpha value is -2.41. The molecule has 1 aliphatic rings. The molecule has 2 heterocycles. The van der Waals surface area contributed by atoms with Crippen LogP contribution in [-0.2, 0) is 14.8 Å². The first-order chi connectivity index (χ1) is 14.6. The molecule has 1 saturated heterocycles. The summed E-state index contributed by atoms with van der Waals surface area (Å²) in [5.41, 5.74) is 3.69. The van der Waals surface area contributed by atoms with Crippen LogP contribution >= 0.6 is 11.8 Å². The summed E-state index contributed by atoms with van der Waals surface area (Å²) in [6, 6.07) is 8.42. The second-order valence-electron chi connectivity index (χ2n) is 7.62. The van der Waals surface area contributed by atoms with Gasteiger partial charge in [-0.1, -0.05) is 11.8 Å². The zero-order valence-corrected chi connectivity index (χ0v) is 19.7. The third-order valence-electron chi connectivity index (χ3n) is 5.56. The number of nitriles is 1. The summed E-state index contributed by atoms with van der Waals surface area (Å²) < 4.78 is 26.7. The lowest BCUT2D eigenvalue weighted by Gasteiger charge is -2.17. The van der Waals surface area contributed by atoms with Crippen molar-refractivity contribution in [3.05, 3.63) is 46.6 Å². The number of thioether (sulfide) groups is 1. The van der Waals surface area contributed by atoms with Gasteiger partial charge < -0.3 is 5.32 Å². The number of aryl methyl sites for hydroxylation is 1. The Morgan fingerprint density at radius 1 is 1.16 bits per heavy atom. The number of anilines is 1. The number of carbonyl (C=O) groups is 1. The van der Waals surface area contributed by atoms with Crippen LogP contribution in [0.4, 0.5) is 5.69 Å². The molecule has 7 nitrogen and oxygen atoms in total. The van der Waals surface area contributed by atoms with E-state index in [1.54, 1.807) is 19.1 Å². The molecular weight excluding hydrogens is 432 g/mol. The Kier molecular flexibility index (Phi) is 7.04. The number of sulfonamides is 1. The Labute approximate surface area is 187 Å². The van der Waals surface area contributed by atoms with E-state index in [4.69, 9.17) is 0 Å². The molecule has 3 rings (SSSR count). The predicted octanol–water partition coefficient (Wildman–Crippen LogP) is 3.78. The SMILES string of the molecule is Cc1nc(S[C@@H](C)C(=O)Nc2ccc(S(=O)(=O)N3CCCC3)cc2)c(C#N)c(C)c1C. The maximum absolute atomic E-state index is 12.7. The minimum atomic E-state index is -3.48. The number of benzene rings is 1. The van der Waals surface area contributed by atoms with Gasteiger partial charge in [0, 0.05) is 24.5 Å². The number of nitrogens with zero attached hydrogens (tertiary/aromatic N) is 3. The summed E-state index contributed by atoms with van der Waals surface area (Å²) in [4.78, 5) is 17.4. The van der Waals surface area contributed by atoms with E-state index >= 15 is 0 Å². The van der Waals surface area contributed by atoms with Gasteiger partial charge >= 0.3 is 0 Å². The van der Waals surface area contributed by atoms with Crippen molar-refractivity contribution in [1.29, 1.82) is 5.26 Å². The van der Waals surface area contributed by atoms with E-state index in [9.17, 15) is 18.5 Å². The lowest BCUT2D eigenvalue weighted by molar-refractivity contribution is -0.115. The molecule has 1 aromatic carbocycles. The minimum Gasteiger partial charge on any atom is -0.325 e. The summed E-state index contributed by atoms with van der Waals surface area (Å²) in [6.45, 7) is 8.54. The van der Waals surface area contributed by atoms with Gasteiger partial charge in [-0.15, -0.1) is 0 Å². The van der Waals surface area contributed by atoms with Crippen LogP contribution < -0.4 is 5.32 Å². The molecule has 0 unspecified atom stereocenters. The van der Waals surface area contributed by atoms with Gasteiger partial charge in [-0.3, -0.25) is 4.79 Å². The number of amides is 1. The average molecular weight is 459 g/mol. The maximum Gasteiger partial charge on any atom is 0.243 e. The van der Waals surface area contributed by atoms with Gasteiger partial charge in [0.15, 0.2) is 0 Å². The average Bonchev–Trinajstić information content (AvgIpc) is 3.28. The lowest BCUT2D eigenvalue weighted by Crippen LogP contribution is -2.27. The second-order valence-corrected chi connectivity index (χ2v) is 10.9. The minimum absolute atomic E-state index is 0.225. The third kappa shape index (κ3) is 4.92. The van der Waals surface area contributed by atoms with Gasteiger partial charge in [-0.25, -0.2) is 13.4 Å². The summed E-state index contributed by atoms with van der Waals surface area (Å²) in [5.74, 6) is -0.248. The number of pyridine rings is 1. The van der Waals surface area contributed by atoms with Crippen LogP contribution in [0.25, 0.3) is 0 Å². The fourth-order valence-corrected chi connectivity index (χ4v) is 5.91. The standard InChI is InChI=1S/C22H26N4O3S2/c1-14-15(2)20(13-23)22(24-16(14)3)30-17(4)21(27)25-18-7-9-19(10-8-18)31(28,29)26-11-5-6-12-26/h7-10,17H,5-6,11-12H2,1-4H3,(H,25,27)/t17-/m0/s1. The quantitative estimate of drug-likeness (QED) is 0.661. The van der Waals surface area contributed by atoms with Crippen LogP contribution in [0.2, 0.25) is 0 Å². The van der Waals surface area contributed by atoms with Gasteiger partial charge in [-0.2, -0.15) is 9.57 Å². The summed E-state index contributed by atoms with van der Waals surface area (Å²) in [5, 5.41) is 12.4. The molecule has 2 aromatic rings. The number of carbonyl (C=O) groups excluding carboxylic acids is 1. The van der Waals surface area contributed by atoms with E-state index in [1.165, 1.54) is 28.2 Å². The molecule has 1 amide bonds. The molecule has 31 heavy (non-hydrogen) atoms. The van der Waals surface area contributed by atoms with Gasteiger partial charge in [0.05, 0.1) is 15.7 Å². The molecule has 1 N–H and O–H groups in total. The van der Waals surface area contributed by atoms with E-state index in [0.717, 1.165) is 29.7 Å². The zero-order valence-electron chi connectivity index (χ0n) is 18.1. The highest BCUT2D eigenvalue weighted by Crippen LogP contribution is 2.30. The Balaban J connectivity index is 1.70. The highest BCUT2D eigenvalue weighted by atomic mass is 32.2. The highest BCUT2D eigenvalue weighted by Gasteiger charge is 2.27. The molecule has 1 aromatic heterocycles. The first kappa shape index (κ1) is 23.3. The van der Waals surface area contributed by atoms with Crippen LogP contribution in [0, 0.1) is 32.1 Å². The Morgan fingerprint density at radius 3 is 2.35 bits per heavy atom. The van der Waals surface area contributed by atoms with Crippen molar-refractivity contribution in [3.8, 4) is 6.07 Å². The highest BCUT2D eigenvalue weighted by molar-refractivity contribution is 8.00. The molecule has 0 radical (unpaired) electrons. The van der Waals surface area contributed by atoms with Crippen molar-refractivity contribution in [2.45, 2.75) is 55.7 Å². The molecule has 0 aliphatic carbocycles. The number of nitrogens with one attached hydrogen (secondary N) is 1. The van der Waals surface area contributed by atoms with Crippen molar-refractivity contribution in [3.63, 3.8) is 0 Å². The summed E-state index contributed by atoms with van der Waals surface area (Å²) >= 11 is 1.24. The molecule has 1 aliphatic heterocycles. The van der Waals surface area contributed by atoms with Crippen LogP contribution in [-0.4, -0.2) is 42.0 Å². The van der Waals surface area contributed by atoms with Crippen molar-refractivity contribution >= 4 is 33.4 Å². The van der Waals surface area contributed by atoms with Gasteiger partial charge in [-0.05, 0) is 75.9 Å². The molecule has 1 fully saturated rings. The smallest absolute Gasteiger partial charge is 0.243 e. The number of rotatable bonds is 6. The maximum atomic E-state index is 12.7. The largest absolute Gasteiger partial charge is 0.325 e. The molecule has 0 spiro atoms. The van der Waals surface area contributed by atoms with Crippen LogP contribution in [0.1, 0.15) is 42.1 Å². The molecule has 0 saturated carbocycles. The van der Waals surface area contributed by atoms with Crippen LogP contribution in [0.5, 0.6) is 0 Å². The van der Waals surface area contributed by atoms with E-state index in [1.807, 2.05) is 20.8 Å². The number of hydrogen-bond acceptors (Lipinski definition) is 6. The topological polar surface area (TPSA) is 103 Å². The fourth-order valence-electron chi connectivity index (χ4n) is 3.38. The number of hydrogen-bond donors (Lipinski definition) is 1. The lowest BCUT2D eigenvalue weighted by atomic mass is 10.1. The number of aromatic nitrogens is 1. The summed E-state index contributed by atoms with van der Waals surface area (Å²) in [7, 11) is -3.48. The van der Waals surface area contributed by atoms with Crippen LogP contribution in [0.15, 0.2) is 34.2 Å². The van der Waals surface area contributed by atoms with Gasteiger partial charge in [0.1, 0.15) is 11.1 Å². The van der Waals surface area contributed by atoms with E-state index in [-0.39, 0.29) is 10.8 Å². The molecule has 1 atom stereocenters. The van der Waals surface area contributed by atoms with E-state index in [0.29, 0.717) is 29.4 Å². The normalized spacial score (nSPS) is 15.5. The van der Waals surface area contributed by atoms with Crippen LogP contribution in [0.3, 0.4) is 0 Å². The third-order valence-corrected chi connectivity index (χ3v) is 8.56. The molecule has 164 valence electrons. The van der Waals surface area contributed by atoms with E-state index < -0.39 is 15.3 Å². The second kappa shape index (κ2) is 9.39. The first-order valence-corrected chi connectivity index (χ1v) is 12.4. The zero-order chi connectivity index (χ0) is 22.8. The fraction of sp³-hybridized carbons (Fsp3) is 0.409. The van der Waals surface area contributed by atoms with Crippen molar-refractivity contribution in [1.82, 2.24) is 9.29 Å². The summed E-state index contributed by atoms with van der Waals surface area (Å²) in [6.07, 6.45) is 1.76. The van der Waals surface area contributed by atoms with Crippen molar-refractivity contribution < 1.29 is 13.2 Å².